The number of hydrogen-bond acceptors (Lipinski definition) is 5. The van der Waals surface area contributed by atoms with Crippen molar-refractivity contribution in [3.8, 4) is 0 Å². The van der Waals surface area contributed by atoms with Gasteiger partial charge in [-0.05, 0) is 37.8 Å². The molecule has 2 heterocycles. The van der Waals surface area contributed by atoms with Gasteiger partial charge >= 0.3 is 0 Å². The standard InChI is InChI=1S/C14H19N3O2S/c1-9-5-7-17-14-10(9)11(15)12(20-14)13(19)16-6-3-2-4-8-18/h5,7,18H,2-4,6,8,15H2,1H3,(H,16,19). The third-order valence-corrected chi connectivity index (χ3v) is 4.28. The topological polar surface area (TPSA) is 88.2 Å². The minimum Gasteiger partial charge on any atom is -0.397 e. The Morgan fingerprint density at radius 3 is 2.95 bits per heavy atom. The number of nitrogen functional groups attached to an aromatic ring is 1. The number of fused-ring (bicyclic) bond motifs is 1. The van der Waals surface area contributed by atoms with Crippen molar-refractivity contribution in [2.24, 2.45) is 0 Å². The summed E-state index contributed by atoms with van der Waals surface area (Å²) >= 11 is 1.33. The maximum Gasteiger partial charge on any atom is 0.263 e. The SMILES string of the molecule is Cc1ccnc2sc(C(=O)NCCCCCO)c(N)c12. The van der Waals surface area contributed by atoms with E-state index in [0.29, 0.717) is 17.1 Å². The Morgan fingerprint density at radius 1 is 1.45 bits per heavy atom. The number of nitrogens with one attached hydrogen (secondary N) is 1. The third kappa shape index (κ3) is 3.08. The largest absolute Gasteiger partial charge is 0.397 e. The van der Waals surface area contributed by atoms with E-state index in [2.05, 4.69) is 10.3 Å². The van der Waals surface area contributed by atoms with Crippen LogP contribution in [0.15, 0.2) is 12.3 Å². The lowest BCUT2D eigenvalue weighted by molar-refractivity contribution is 0.0958. The molecule has 0 aliphatic heterocycles. The number of amides is 1. The molecule has 0 aliphatic rings. The van der Waals surface area contributed by atoms with Gasteiger partial charge in [0.05, 0.1) is 5.69 Å². The zero-order valence-corrected chi connectivity index (χ0v) is 12.3. The van der Waals surface area contributed by atoms with Crippen LogP contribution in [0, 0.1) is 6.92 Å². The Balaban J connectivity index is 2.07. The maximum absolute atomic E-state index is 12.1. The van der Waals surface area contributed by atoms with Gasteiger partial charge in [-0.3, -0.25) is 4.79 Å². The summed E-state index contributed by atoms with van der Waals surface area (Å²) in [5.41, 5.74) is 7.62. The van der Waals surface area contributed by atoms with Gasteiger partial charge in [0, 0.05) is 24.7 Å². The van der Waals surface area contributed by atoms with E-state index in [0.717, 1.165) is 35.0 Å². The second-order valence-electron chi connectivity index (χ2n) is 4.69. The van der Waals surface area contributed by atoms with Crippen LogP contribution in [0.25, 0.3) is 10.2 Å². The summed E-state index contributed by atoms with van der Waals surface area (Å²) in [4.78, 5) is 17.7. The van der Waals surface area contributed by atoms with Crippen LogP contribution in [-0.4, -0.2) is 29.1 Å². The molecule has 0 spiro atoms. The van der Waals surface area contributed by atoms with Gasteiger partial charge in [0.15, 0.2) is 0 Å². The number of hydrogen-bond donors (Lipinski definition) is 3. The fourth-order valence-electron chi connectivity index (χ4n) is 2.07. The lowest BCUT2D eigenvalue weighted by atomic mass is 10.1. The average molecular weight is 293 g/mol. The van der Waals surface area contributed by atoms with Crippen LogP contribution in [0.4, 0.5) is 5.69 Å². The normalized spacial score (nSPS) is 10.9. The van der Waals surface area contributed by atoms with E-state index in [4.69, 9.17) is 10.8 Å². The number of nitrogens with two attached hydrogens (primary N) is 1. The molecule has 0 aliphatic carbocycles. The van der Waals surface area contributed by atoms with Crippen molar-refractivity contribution in [1.82, 2.24) is 10.3 Å². The number of aliphatic hydroxyl groups is 1. The number of aromatic nitrogens is 1. The van der Waals surface area contributed by atoms with Crippen LogP contribution in [0.2, 0.25) is 0 Å². The molecule has 0 bridgehead atoms. The fraction of sp³-hybridized carbons (Fsp3) is 0.429. The summed E-state index contributed by atoms with van der Waals surface area (Å²) in [5, 5.41) is 12.4. The van der Waals surface area contributed by atoms with Crippen molar-refractivity contribution >= 4 is 33.1 Å². The molecule has 0 aromatic carbocycles. The van der Waals surface area contributed by atoms with E-state index < -0.39 is 0 Å². The van der Waals surface area contributed by atoms with Crippen LogP contribution in [0.5, 0.6) is 0 Å². The van der Waals surface area contributed by atoms with E-state index in [1.54, 1.807) is 6.20 Å². The van der Waals surface area contributed by atoms with Crippen LogP contribution < -0.4 is 11.1 Å². The quantitative estimate of drug-likeness (QED) is 0.711. The van der Waals surface area contributed by atoms with Gasteiger partial charge in [-0.2, -0.15) is 0 Å². The summed E-state index contributed by atoms with van der Waals surface area (Å²) in [7, 11) is 0. The Hall–Kier alpha value is -1.66. The molecule has 1 amide bonds. The molecule has 2 rings (SSSR count). The number of anilines is 1. The molecule has 0 saturated heterocycles. The predicted molar refractivity (Wildman–Crippen MR) is 82.0 cm³/mol. The highest BCUT2D eigenvalue weighted by atomic mass is 32.1. The number of pyridine rings is 1. The number of carbonyl (C=O) groups excluding carboxylic acids is 1. The molecule has 0 atom stereocenters. The molecular formula is C14H19N3O2S. The molecule has 6 heteroatoms. The van der Waals surface area contributed by atoms with Gasteiger partial charge in [0.2, 0.25) is 0 Å². The monoisotopic (exact) mass is 293 g/mol. The van der Waals surface area contributed by atoms with Gasteiger partial charge in [-0.1, -0.05) is 0 Å². The highest BCUT2D eigenvalue weighted by Crippen LogP contribution is 2.34. The van der Waals surface area contributed by atoms with Crippen molar-refractivity contribution in [2.45, 2.75) is 26.2 Å². The number of carbonyl (C=O) groups is 1. The Morgan fingerprint density at radius 2 is 2.25 bits per heavy atom. The molecule has 0 fully saturated rings. The highest BCUT2D eigenvalue weighted by Gasteiger charge is 2.17. The van der Waals surface area contributed by atoms with Crippen molar-refractivity contribution < 1.29 is 9.90 Å². The molecule has 0 saturated carbocycles. The second kappa shape index (κ2) is 6.67. The van der Waals surface area contributed by atoms with Gasteiger partial charge in [-0.25, -0.2) is 4.98 Å². The summed E-state index contributed by atoms with van der Waals surface area (Å²) in [6.07, 6.45) is 4.25. The summed E-state index contributed by atoms with van der Waals surface area (Å²) in [5.74, 6) is -0.145. The van der Waals surface area contributed by atoms with E-state index in [9.17, 15) is 4.79 Å². The lowest BCUT2D eigenvalue weighted by Gasteiger charge is -2.04. The first-order chi connectivity index (χ1) is 9.65. The lowest BCUT2D eigenvalue weighted by Crippen LogP contribution is -2.24. The molecule has 20 heavy (non-hydrogen) atoms. The van der Waals surface area contributed by atoms with Gasteiger partial charge in [-0.15, -0.1) is 11.3 Å². The summed E-state index contributed by atoms with van der Waals surface area (Å²) in [6, 6.07) is 1.89. The number of nitrogens with zero attached hydrogens (tertiary/aromatic N) is 1. The van der Waals surface area contributed by atoms with Gasteiger partial charge in [0.25, 0.3) is 5.91 Å². The second-order valence-corrected chi connectivity index (χ2v) is 5.69. The van der Waals surface area contributed by atoms with Crippen LogP contribution in [0.3, 0.4) is 0 Å². The van der Waals surface area contributed by atoms with E-state index in [-0.39, 0.29) is 12.5 Å². The number of rotatable bonds is 6. The Bertz CT molecular complexity index is 610. The van der Waals surface area contributed by atoms with Crippen molar-refractivity contribution in [3.05, 3.63) is 22.7 Å². The fourth-order valence-corrected chi connectivity index (χ4v) is 3.12. The predicted octanol–water partition coefficient (Wildman–Crippen LogP) is 2.08. The zero-order chi connectivity index (χ0) is 14.5. The first-order valence-corrected chi connectivity index (χ1v) is 7.49. The zero-order valence-electron chi connectivity index (χ0n) is 11.5. The van der Waals surface area contributed by atoms with Crippen molar-refractivity contribution in [3.63, 3.8) is 0 Å². The minimum absolute atomic E-state index is 0.145. The van der Waals surface area contributed by atoms with E-state index in [1.807, 2.05) is 13.0 Å². The number of aryl methyl sites for hydroxylation is 1. The van der Waals surface area contributed by atoms with Crippen LogP contribution in [-0.2, 0) is 0 Å². The first-order valence-electron chi connectivity index (χ1n) is 6.67. The summed E-state index contributed by atoms with van der Waals surface area (Å²) < 4.78 is 0. The van der Waals surface area contributed by atoms with E-state index in [1.165, 1.54) is 11.3 Å². The number of unbranched alkanes of at least 4 members (excludes halogenated alkanes) is 2. The molecule has 108 valence electrons. The molecule has 0 unspecified atom stereocenters. The molecule has 2 aromatic heterocycles. The molecular weight excluding hydrogens is 274 g/mol. The minimum atomic E-state index is -0.145. The molecule has 4 N–H and O–H groups in total. The number of aliphatic hydroxyl groups excluding tert-OH is 1. The summed E-state index contributed by atoms with van der Waals surface area (Å²) in [6.45, 7) is 2.75. The smallest absolute Gasteiger partial charge is 0.263 e. The van der Waals surface area contributed by atoms with Crippen LogP contribution in [0.1, 0.15) is 34.5 Å². The third-order valence-electron chi connectivity index (χ3n) is 3.16. The van der Waals surface area contributed by atoms with Gasteiger partial charge < -0.3 is 16.2 Å². The van der Waals surface area contributed by atoms with E-state index >= 15 is 0 Å². The average Bonchev–Trinajstić information content (AvgIpc) is 2.77. The first kappa shape index (κ1) is 14.7. The van der Waals surface area contributed by atoms with Crippen LogP contribution >= 0.6 is 11.3 Å². The Kier molecular flexibility index (Phi) is 4.92. The number of thiophene rings is 1. The molecule has 5 nitrogen and oxygen atoms in total. The van der Waals surface area contributed by atoms with Gasteiger partial charge in [0.1, 0.15) is 9.71 Å². The Labute approximate surface area is 121 Å². The highest BCUT2D eigenvalue weighted by molar-refractivity contribution is 7.21. The molecule has 2 aromatic rings. The van der Waals surface area contributed by atoms with Crippen molar-refractivity contribution in [2.75, 3.05) is 18.9 Å². The van der Waals surface area contributed by atoms with Crippen molar-refractivity contribution in [1.29, 1.82) is 0 Å². The maximum atomic E-state index is 12.1. The molecule has 0 radical (unpaired) electrons.